The second-order valence-corrected chi connectivity index (χ2v) is 7.09. The van der Waals surface area contributed by atoms with Crippen molar-refractivity contribution in [3.63, 3.8) is 0 Å². The number of rotatable bonds is 6. The fourth-order valence-corrected chi connectivity index (χ4v) is 3.14. The highest BCUT2D eigenvalue weighted by Gasteiger charge is 2.31. The monoisotopic (exact) mass is 412 g/mol. The lowest BCUT2D eigenvalue weighted by molar-refractivity contribution is -0.137. The van der Waals surface area contributed by atoms with Gasteiger partial charge in [0.05, 0.1) is 18.1 Å². The lowest BCUT2D eigenvalue weighted by Gasteiger charge is -2.23. The highest BCUT2D eigenvalue weighted by molar-refractivity contribution is 5.76. The third kappa shape index (κ3) is 5.74. The Morgan fingerprint density at radius 1 is 1.21 bits per heavy atom. The van der Waals surface area contributed by atoms with Crippen molar-refractivity contribution in [3.8, 4) is 16.9 Å². The van der Waals surface area contributed by atoms with Crippen LogP contribution in [0.25, 0.3) is 11.1 Å². The van der Waals surface area contributed by atoms with Gasteiger partial charge in [0.2, 0.25) is 5.91 Å². The average Bonchev–Trinajstić information content (AvgIpc) is 3.17. The second-order valence-electron chi connectivity index (χ2n) is 7.09. The summed E-state index contributed by atoms with van der Waals surface area (Å²) in [5.74, 6) is 0.0647. The van der Waals surface area contributed by atoms with E-state index < -0.39 is 17.8 Å². The Morgan fingerprint density at radius 3 is 2.69 bits per heavy atom. The quantitative estimate of drug-likeness (QED) is 0.791. The molecule has 29 heavy (non-hydrogen) atoms. The molecule has 1 amide bonds. The van der Waals surface area contributed by atoms with E-state index in [0.29, 0.717) is 37.2 Å². The Kier molecular flexibility index (Phi) is 6.49. The Morgan fingerprint density at radius 2 is 2.00 bits per heavy atom. The van der Waals surface area contributed by atoms with E-state index in [1.165, 1.54) is 18.6 Å². The lowest BCUT2D eigenvalue weighted by atomic mass is 10.0. The topological polar surface area (TPSA) is 66.2 Å². The molecule has 1 unspecified atom stereocenters. The van der Waals surface area contributed by atoms with E-state index in [-0.39, 0.29) is 24.8 Å². The highest BCUT2D eigenvalue weighted by Crippen LogP contribution is 2.35. The molecule has 0 saturated carbocycles. The van der Waals surface area contributed by atoms with Gasteiger partial charge in [0.25, 0.3) is 0 Å². The molecule has 1 N–H and O–H groups in total. The molecule has 1 aromatic heterocycles. The Bertz CT molecular complexity index is 824. The normalized spacial score (nSPS) is 17.3. The van der Waals surface area contributed by atoms with Gasteiger partial charge in [-0.15, -0.1) is 0 Å². The van der Waals surface area contributed by atoms with Gasteiger partial charge in [0.15, 0.2) is 0 Å². The van der Waals surface area contributed by atoms with Gasteiger partial charge in [-0.3, -0.25) is 9.69 Å². The number of furan rings is 1. The summed E-state index contributed by atoms with van der Waals surface area (Å²) in [5, 5.41) is 10.3. The zero-order valence-electron chi connectivity index (χ0n) is 16.0. The number of aliphatic hydroxyl groups is 1. The number of hydrogen-bond donors (Lipinski definition) is 1. The summed E-state index contributed by atoms with van der Waals surface area (Å²) in [6.45, 7) is 1.82. The minimum absolute atomic E-state index is 0.0147. The Hall–Kier alpha value is -2.52. The first kappa shape index (κ1) is 21.2. The number of halogens is 3. The molecule has 3 rings (SSSR count). The van der Waals surface area contributed by atoms with Gasteiger partial charge in [-0.1, -0.05) is 0 Å². The van der Waals surface area contributed by atoms with Crippen LogP contribution in [0.15, 0.2) is 41.2 Å². The molecule has 2 heterocycles. The molecule has 1 atom stereocenters. The number of likely N-dealkylation sites (N-methyl/N-ethyl adjacent to an activating group) is 1. The molecule has 1 aliphatic heterocycles. The fraction of sp³-hybridized carbons (Fsp3) is 0.450. The van der Waals surface area contributed by atoms with Crippen LogP contribution >= 0.6 is 0 Å². The molecule has 0 spiro atoms. The van der Waals surface area contributed by atoms with E-state index in [9.17, 15) is 23.1 Å². The summed E-state index contributed by atoms with van der Waals surface area (Å²) in [4.78, 5) is 15.3. The highest BCUT2D eigenvalue weighted by atomic mass is 19.4. The molecule has 0 radical (unpaired) electrons. The molecule has 158 valence electrons. The van der Waals surface area contributed by atoms with Crippen molar-refractivity contribution in [2.75, 3.05) is 39.8 Å². The third-order valence-corrected chi connectivity index (χ3v) is 4.82. The molecule has 1 fully saturated rings. The predicted octanol–water partition coefficient (Wildman–Crippen LogP) is 2.87. The SMILES string of the molecule is CN1CCN(CC(O)COc2cc(-c3ccoc3)cc(C(F)(F)F)c2)CCC1=O. The summed E-state index contributed by atoms with van der Waals surface area (Å²) in [7, 11) is 1.73. The van der Waals surface area contributed by atoms with Crippen LogP contribution in [0.1, 0.15) is 12.0 Å². The fourth-order valence-electron chi connectivity index (χ4n) is 3.14. The molecule has 0 bridgehead atoms. The van der Waals surface area contributed by atoms with Crippen LogP contribution in [-0.2, 0) is 11.0 Å². The van der Waals surface area contributed by atoms with Crippen molar-refractivity contribution < 1.29 is 32.2 Å². The van der Waals surface area contributed by atoms with Crippen molar-refractivity contribution in [1.82, 2.24) is 9.80 Å². The number of aliphatic hydroxyl groups excluding tert-OH is 1. The molecule has 1 aromatic carbocycles. The van der Waals surface area contributed by atoms with E-state index in [0.717, 1.165) is 12.1 Å². The molecule has 0 aliphatic carbocycles. The number of β-amino-alcohol motifs (C(OH)–C–C–N with tert-alkyl or cyclic N) is 1. The number of ether oxygens (including phenoxy) is 1. The van der Waals surface area contributed by atoms with Crippen LogP contribution in [0.3, 0.4) is 0 Å². The number of hydrogen-bond acceptors (Lipinski definition) is 5. The maximum Gasteiger partial charge on any atom is 0.416 e. The van der Waals surface area contributed by atoms with E-state index in [1.807, 2.05) is 4.90 Å². The van der Waals surface area contributed by atoms with Crippen molar-refractivity contribution in [2.24, 2.45) is 0 Å². The molecular formula is C20H23F3N2O4. The first-order chi connectivity index (χ1) is 13.7. The van der Waals surface area contributed by atoms with Gasteiger partial charge in [-0.05, 0) is 29.8 Å². The molecule has 9 heteroatoms. The van der Waals surface area contributed by atoms with Gasteiger partial charge in [-0.25, -0.2) is 0 Å². The minimum atomic E-state index is -4.53. The van der Waals surface area contributed by atoms with Crippen LogP contribution in [0.4, 0.5) is 13.2 Å². The third-order valence-electron chi connectivity index (χ3n) is 4.82. The van der Waals surface area contributed by atoms with Crippen molar-refractivity contribution >= 4 is 5.91 Å². The molecule has 1 aliphatic rings. The van der Waals surface area contributed by atoms with Crippen molar-refractivity contribution in [2.45, 2.75) is 18.7 Å². The number of benzene rings is 1. The first-order valence-corrected chi connectivity index (χ1v) is 9.24. The molecule has 2 aromatic rings. The predicted molar refractivity (Wildman–Crippen MR) is 99.3 cm³/mol. The van der Waals surface area contributed by atoms with Crippen molar-refractivity contribution in [3.05, 3.63) is 42.4 Å². The van der Waals surface area contributed by atoms with E-state index in [4.69, 9.17) is 9.15 Å². The summed E-state index contributed by atoms with van der Waals surface area (Å²) in [6, 6.07) is 4.98. The number of alkyl halides is 3. The molecular weight excluding hydrogens is 389 g/mol. The molecule has 1 saturated heterocycles. The van der Waals surface area contributed by atoms with Crippen molar-refractivity contribution in [1.29, 1.82) is 0 Å². The summed E-state index contributed by atoms with van der Waals surface area (Å²) in [5.41, 5.74) is -0.0262. The summed E-state index contributed by atoms with van der Waals surface area (Å²) in [6.07, 6.45) is -2.33. The summed E-state index contributed by atoms with van der Waals surface area (Å²) >= 11 is 0. The molecule has 6 nitrogen and oxygen atoms in total. The number of amides is 1. The van der Waals surface area contributed by atoms with Crippen LogP contribution in [0.2, 0.25) is 0 Å². The smallest absolute Gasteiger partial charge is 0.416 e. The summed E-state index contributed by atoms with van der Waals surface area (Å²) < 4.78 is 50.1. The zero-order chi connectivity index (χ0) is 21.0. The van der Waals surface area contributed by atoms with E-state index in [1.54, 1.807) is 18.0 Å². The first-order valence-electron chi connectivity index (χ1n) is 9.24. The van der Waals surface area contributed by atoms with Crippen LogP contribution in [-0.4, -0.2) is 66.8 Å². The maximum absolute atomic E-state index is 13.2. The Labute approximate surface area is 166 Å². The van der Waals surface area contributed by atoms with E-state index in [2.05, 4.69) is 0 Å². The minimum Gasteiger partial charge on any atom is -0.491 e. The zero-order valence-corrected chi connectivity index (χ0v) is 16.0. The maximum atomic E-state index is 13.2. The number of carbonyl (C=O) groups excluding carboxylic acids is 1. The van der Waals surface area contributed by atoms with Gasteiger partial charge in [-0.2, -0.15) is 13.2 Å². The Balaban J connectivity index is 1.65. The van der Waals surface area contributed by atoms with Gasteiger partial charge < -0.3 is 19.2 Å². The lowest BCUT2D eigenvalue weighted by Crippen LogP contribution is -2.37. The van der Waals surface area contributed by atoms with Gasteiger partial charge in [0, 0.05) is 45.2 Å². The van der Waals surface area contributed by atoms with E-state index >= 15 is 0 Å². The standard InChI is InChI=1S/C20H23F3N2O4/c1-24-5-6-25(4-2-19(24)27)11-17(26)13-29-18-9-15(14-3-7-28-12-14)8-16(10-18)20(21,22)23/h3,7-10,12,17,26H,2,4-6,11,13H2,1H3. The second kappa shape index (κ2) is 8.87. The largest absolute Gasteiger partial charge is 0.491 e. The van der Waals surface area contributed by atoms with Crippen LogP contribution in [0.5, 0.6) is 5.75 Å². The number of carbonyl (C=O) groups is 1. The van der Waals surface area contributed by atoms with Crippen LogP contribution < -0.4 is 4.74 Å². The number of nitrogens with zero attached hydrogens (tertiary/aromatic N) is 2. The van der Waals surface area contributed by atoms with Gasteiger partial charge in [0.1, 0.15) is 18.5 Å². The van der Waals surface area contributed by atoms with Crippen LogP contribution in [0, 0.1) is 0 Å². The van der Waals surface area contributed by atoms with Gasteiger partial charge >= 0.3 is 6.18 Å². The average molecular weight is 412 g/mol.